The molecule has 0 aromatic rings. The van der Waals surface area contributed by atoms with E-state index >= 15 is 0 Å². The first kappa shape index (κ1) is 40.1. The van der Waals surface area contributed by atoms with E-state index in [4.69, 9.17) is 0 Å². The molecule has 0 bridgehead atoms. The minimum Gasteiger partial charge on any atom is -0.0683 e. The average Bonchev–Trinajstić information content (AvgIpc) is 3.45. The zero-order chi connectivity index (χ0) is 28.9. The van der Waals surface area contributed by atoms with Gasteiger partial charge in [0, 0.05) is 0 Å². The van der Waals surface area contributed by atoms with Crippen LogP contribution in [-0.2, 0) is 0 Å². The highest BCUT2D eigenvalue weighted by molar-refractivity contribution is 4.77. The minimum atomic E-state index is 1.01. The maximum absolute atomic E-state index is 2.44. The zero-order valence-electron chi connectivity index (χ0n) is 28.9. The summed E-state index contributed by atoms with van der Waals surface area (Å²) in [6.45, 7) is 19.2. The zero-order valence-corrected chi connectivity index (χ0v) is 28.9. The van der Waals surface area contributed by atoms with E-state index in [-0.39, 0.29) is 0 Å². The van der Waals surface area contributed by atoms with Crippen LogP contribution < -0.4 is 0 Å². The third kappa shape index (κ3) is 23.9. The van der Waals surface area contributed by atoms with Crippen LogP contribution in [0.15, 0.2) is 0 Å². The smallest absolute Gasteiger partial charge is 0.0386 e. The van der Waals surface area contributed by atoms with Crippen LogP contribution in [-0.4, -0.2) is 0 Å². The lowest BCUT2D eigenvalue weighted by molar-refractivity contribution is 0.250. The summed E-state index contributed by atoms with van der Waals surface area (Å²) in [6.07, 6.45) is 36.1. The molecule has 0 aromatic heterocycles. The van der Waals surface area contributed by atoms with Crippen LogP contribution in [0.4, 0.5) is 0 Å². The molecule has 4 aliphatic carbocycles. The van der Waals surface area contributed by atoms with E-state index in [9.17, 15) is 0 Å². The van der Waals surface area contributed by atoms with Gasteiger partial charge in [0.05, 0.1) is 0 Å². The fraction of sp³-hybridized carbons (Fsp3) is 1.00. The van der Waals surface area contributed by atoms with Crippen molar-refractivity contribution in [1.29, 1.82) is 0 Å². The lowest BCUT2D eigenvalue weighted by atomic mass is 9.79. The lowest BCUT2D eigenvalue weighted by Gasteiger charge is -2.27. The molecule has 0 radical (unpaired) electrons. The van der Waals surface area contributed by atoms with E-state index < -0.39 is 0 Å². The van der Waals surface area contributed by atoms with Gasteiger partial charge >= 0.3 is 0 Å². The highest BCUT2D eigenvalue weighted by Gasteiger charge is 2.25. The van der Waals surface area contributed by atoms with Crippen molar-refractivity contribution in [1.82, 2.24) is 0 Å². The Bertz CT molecular complexity index is 360. The predicted octanol–water partition coefficient (Wildman–Crippen LogP) is 14.6. The maximum atomic E-state index is 2.44. The average molecular weight is 537 g/mol. The van der Waals surface area contributed by atoms with Gasteiger partial charge in [-0.05, 0) is 29.6 Å². The summed E-state index contributed by atoms with van der Waals surface area (Å²) in [5, 5.41) is 0. The van der Waals surface area contributed by atoms with Gasteiger partial charge in [0.1, 0.15) is 0 Å². The molecule has 232 valence electrons. The third-order valence-electron chi connectivity index (χ3n) is 9.40. The molecule has 0 atom stereocenters. The molecule has 4 saturated carbocycles. The van der Waals surface area contributed by atoms with Crippen molar-refractivity contribution in [2.24, 2.45) is 29.6 Å². The van der Waals surface area contributed by atoms with Crippen molar-refractivity contribution in [3.8, 4) is 0 Å². The van der Waals surface area contributed by atoms with Crippen LogP contribution >= 0.6 is 0 Å². The van der Waals surface area contributed by atoms with Gasteiger partial charge in [-0.2, -0.15) is 0 Å². The summed E-state index contributed by atoms with van der Waals surface area (Å²) >= 11 is 0. The Morgan fingerprint density at radius 1 is 0.237 bits per heavy atom. The molecule has 0 amide bonds. The van der Waals surface area contributed by atoms with Crippen molar-refractivity contribution in [2.45, 2.75) is 216 Å². The molecule has 0 saturated heterocycles. The largest absolute Gasteiger partial charge is 0.0683 e. The molecule has 0 N–H and O–H groups in total. The molecule has 4 aliphatic rings. The van der Waals surface area contributed by atoms with Crippen molar-refractivity contribution >= 4 is 0 Å². The van der Waals surface area contributed by atoms with Gasteiger partial charge in [-0.1, -0.05) is 216 Å². The quantitative estimate of drug-likeness (QED) is 0.312. The standard InChI is InChI=1S/C14H26.2C9H18.3C2H6/c1-12-6-4-10-14(11-5-7-12)13-8-2-3-9-13;2*1-9-7-5-3-2-4-6-8-9;3*1-2/h12-14H,2-11H2,1H3;2*9H,2-8H2,1H3;3*1-2H3. The van der Waals surface area contributed by atoms with E-state index in [2.05, 4.69) is 20.8 Å². The van der Waals surface area contributed by atoms with Gasteiger partial charge in [0.15, 0.2) is 0 Å². The fourth-order valence-electron chi connectivity index (χ4n) is 6.97. The van der Waals surface area contributed by atoms with Gasteiger partial charge in [0.25, 0.3) is 0 Å². The first-order valence-electron chi connectivity index (χ1n) is 18.6. The van der Waals surface area contributed by atoms with E-state index in [1.807, 2.05) is 41.5 Å². The monoisotopic (exact) mass is 537 g/mol. The second-order valence-electron chi connectivity index (χ2n) is 12.7. The van der Waals surface area contributed by atoms with Crippen molar-refractivity contribution in [2.75, 3.05) is 0 Å². The topological polar surface area (TPSA) is 0 Å². The second-order valence-corrected chi connectivity index (χ2v) is 12.7. The molecule has 0 spiro atoms. The van der Waals surface area contributed by atoms with Crippen molar-refractivity contribution in [3.63, 3.8) is 0 Å². The molecule has 38 heavy (non-hydrogen) atoms. The molecule has 0 unspecified atom stereocenters. The Hall–Kier alpha value is 0. The van der Waals surface area contributed by atoms with Gasteiger partial charge in [-0.15, -0.1) is 0 Å². The van der Waals surface area contributed by atoms with E-state index in [0.717, 1.165) is 29.6 Å². The number of rotatable bonds is 1. The molecular formula is C38H80. The Labute approximate surface area is 245 Å². The summed E-state index contributed by atoms with van der Waals surface area (Å²) in [5.41, 5.74) is 0. The first-order chi connectivity index (χ1) is 18.6. The molecule has 4 fully saturated rings. The van der Waals surface area contributed by atoms with Crippen LogP contribution in [0.5, 0.6) is 0 Å². The third-order valence-corrected chi connectivity index (χ3v) is 9.40. The maximum Gasteiger partial charge on any atom is -0.0386 e. The highest BCUT2D eigenvalue weighted by atomic mass is 14.3. The van der Waals surface area contributed by atoms with Crippen LogP contribution in [0.1, 0.15) is 216 Å². The Morgan fingerprint density at radius 3 is 0.711 bits per heavy atom. The molecule has 0 aromatic carbocycles. The molecule has 0 aliphatic heterocycles. The molecule has 4 rings (SSSR count). The van der Waals surface area contributed by atoms with Gasteiger partial charge < -0.3 is 0 Å². The summed E-state index contributed by atoms with van der Waals surface area (Å²) < 4.78 is 0. The van der Waals surface area contributed by atoms with Gasteiger partial charge in [0.2, 0.25) is 0 Å². The summed E-state index contributed by atoms with van der Waals surface area (Å²) in [5.74, 6) is 5.29. The van der Waals surface area contributed by atoms with Crippen LogP contribution in [0.25, 0.3) is 0 Å². The van der Waals surface area contributed by atoms with E-state index in [0.29, 0.717) is 0 Å². The van der Waals surface area contributed by atoms with Crippen molar-refractivity contribution < 1.29 is 0 Å². The molecular weight excluding hydrogens is 456 g/mol. The second kappa shape index (κ2) is 31.5. The van der Waals surface area contributed by atoms with Crippen LogP contribution in [0, 0.1) is 29.6 Å². The number of hydrogen-bond acceptors (Lipinski definition) is 0. The minimum absolute atomic E-state index is 1.01. The molecule has 0 nitrogen and oxygen atoms in total. The van der Waals surface area contributed by atoms with Gasteiger partial charge in [-0.25, -0.2) is 0 Å². The molecule has 0 heterocycles. The van der Waals surface area contributed by atoms with E-state index in [1.54, 1.807) is 25.7 Å². The summed E-state index contributed by atoms with van der Waals surface area (Å²) in [7, 11) is 0. The van der Waals surface area contributed by atoms with Gasteiger partial charge in [-0.3, -0.25) is 0 Å². The van der Waals surface area contributed by atoms with Crippen LogP contribution in [0.3, 0.4) is 0 Å². The SMILES string of the molecule is CC.CC.CC.CC1CCCC(C2CCCC2)CCC1.CC1CCCCCCC1.CC1CCCCCCC1. The summed E-state index contributed by atoms with van der Waals surface area (Å²) in [6, 6.07) is 0. The fourth-order valence-corrected chi connectivity index (χ4v) is 6.97. The summed E-state index contributed by atoms with van der Waals surface area (Å²) in [4.78, 5) is 0. The number of hydrogen-bond donors (Lipinski definition) is 0. The predicted molar refractivity (Wildman–Crippen MR) is 179 cm³/mol. The first-order valence-corrected chi connectivity index (χ1v) is 18.6. The van der Waals surface area contributed by atoms with E-state index in [1.165, 1.54) is 128 Å². The Morgan fingerprint density at radius 2 is 0.421 bits per heavy atom. The van der Waals surface area contributed by atoms with Crippen molar-refractivity contribution in [3.05, 3.63) is 0 Å². The lowest BCUT2D eigenvalue weighted by Crippen LogP contribution is -2.15. The highest BCUT2D eigenvalue weighted by Crippen LogP contribution is 2.38. The normalized spacial score (nSPS) is 25.8. The van der Waals surface area contributed by atoms with Crippen LogP contribution in [0.2, 0.25) is 0 Å². The Balaban J connectivity index is 0. The molecule has 0 heteroatoms. The Kier molecular flexibility index (Phi) is 33.3.